The molecular weight excluding hydrogens is 316 g/mol. The van der Waals surface area contributed by atoms with Gasteiger partial charge in [0.2, 0.25) is 0 Å². The lowest BCUT2D eigenvalue weighted by Gasteiger charge is -2.57. The highest BCUT2D eigenvalue weighted by Gasteiger charge is 2.62. The van der Waals surface area contributed by atoms with Gasteiger partial charge in [0.1, 0.15) is 11.9 Å². The van der Waals surface area contributed by atoms with E-state index in [0.717, 1.165) is 38.5 Å². The van der Waals surface area contributed by atoms with Crippen molar-refractivity contribution >= 4 is 17.5 Å². The predicted octanol–water partition coefficient (Wildman–Crippen LogP) is 3.63. The molecule has 6 atom stereocenters. The van der Waals surface area contributed by atoms with Crippen LogP contribution in [0, 0.1) is 28.6 Å². The SMILES string of the molecule is CC(=O)OC1CCCC2=CC(=O)[C@H]3[C@@H]4CCC(=O)[C@@]4(C)CC[C@@H]3[C@]21C. The van der Waals surface area contributed by atoms with Crippen LogP contribution in [0.1, 0.15) is 65.7 Å². The molecule has 136 valence electrons. The van der Waals surface area contributed by atoms with Gasteiger partial charge in [-0.3, -0.25) is 14.4 Å². The third-order valence-electron chi connectivity index (χ3n) is 7.98. The second-order valence-corrected chi connectivity index (χ2v) is 9.00. The van der Waals surface area contributed by atoms with Crippen LogP contribution in [0.25, 0.3) is 0 Å². The molecule has 0 N–H and O–H groups in total. The van der Waals surface area contributed by atoms with E-state index < -0.39 is 0 Å². The van der Waals surface area contributed by atoms with Gasteiger partial charge in [-0.1, -0.05) is 19.4 Å². The molecule has 0 aromatic rings. The Morgan fingerprint density at radius 2 is 1.88 bits per heavy atom. The minimum atomic E-state index is -0.329. The number of rotatable bonds is 1. The van der Waals surface area contributed by atoms with Gasteiger partial charge in [-0.15, -0.1) is 0 Å². The minimum absolute atomic E-state index is 0.0879. The van der Waals surface area contributed by atoms with Crippen LogP contribution in [0.2, 0.25) is 0 Å². The topological polar surface area (TPSA) is 60.4 Å². The zero-order valence-corrected chi connectivity index (χ0v) is 15.5. The fraction of sp³-hybridized carbons (Fsp3) is 0.762. The number of esters is 1. The van der Waals surface area contributed by atoms with E-state index in [1.807, 2.05) is 6.08 Å². The summed E-state index contributed by atoms with van der Waals surface area (Å²) in [6.45, 7) is 5.75. The van der Waals surface area contributed by atoms with E-state index in [-0.39, 0.29) is 46.4 Å². The highest BCUT2D eigenvalue weighted by atomic mass is 16.5. The molecule has 4 heteroatoms. The Morgan fingerprint density at radius 3 is 2.60 bits per heavy atom. The Kier molecular flexibility index (Phi) is 3.75. The second kappa shape index (κ2) is 5.52. The summed E-state index contributed by atoms with van der Waals surface area (Å²) < 4.78 is 5.75. The molecule has 0 heterocycles. The number of ketones is 2. The summed E-state index contributed by atoms with van der Waals surface area (Å²) in [4.78, 5) is 37.2. The van der Waals surface area contributed by atoms with Gasteiger partial charge < -0.3 is 4.74 Å². The summed E-state index contributed by atoms with van der Waals surface area (Å²) in [6, 6.07) is 0. The number of hydrogen-bond acceptors (Lipinski definition) is 4. The van der Waals surface area contributed by atoms with Crippen molar-refractivity contribution in [3.63, 3.8) is 0 Å². The van der Waals surface area contributed by atoms with Gasteiger partial charge in [0.05, 0.1) is 0 Å². The molecular formula is C21H28O4. The largest absolute Gasteiger partial charge is 0.462 e. The van der Waals surface area contributed by atoms with Gasteiger partial charge in [0.25, 0.3) is 0 Å². The van der Waals surface area contributed by atoms with Crippen LogP contribution in [0.5, 0.6) is 0 Å². The molecule has 0 bridgehead atoms. The molecule has 3 fully saturated rings. The number of fused-ring (bicyclic) bond motifs is 5. The Balaban J connectivity index is 1.77. The smallest absolute Gasteiger partial charge is 0.302 e. The molecule has 4 rings (SSSR count). The molecule has 4 aliphatic carbocycles. The van der Waals surface area contributed by atoms with Gasteiger partial charge in [-0.05, 0) is 56.4 Å². The summed E-state index contributed by atoms with van der Waals surface area (Å²) in [5.41, 5.74) is 0.587. The number of allylic oxidation sites excluding steroid dienone is 1. The molecule has 0 aliphatic heterocycles. The van der Waals surface area contributed by atoms with Gasteiger partial charge in [0, 0.05) is 30.1 Å². The molecule has 3 saturated carbocycles. The van der Waals surface area contributed by atoms with Crippen molar-refractivity contribution in [1.82, 2.24) is 0 Å². The molecule has 4 nitrogen and oxygen atoms in total. The maximum atomic E-state index is 13.1. The number of carbonyl (C=O) groups excluding carboxylic acids is 3. The van der Waals surface area contributed by atoms with Crippen molar-refractivity contribution in [2.45, 2.75) is 71.8 Å². The van der Waals surface area contributed by atoms with Crippen LogP contribution < -0.4 is 0 Å². The van der Waals surface area contributed by atoms with E-state index >= 15 is 0 Å². The van der Waals surface area contributed by atoms with E-state index in [2.05, 4.69) is 13.8 Å². The number of Topliss-reactive ketones (excluding diaryl/α,β-unsaturated/α-hetero) is 1. The molecule has 1 unspecified atom stereocenters. The van der Waals surface area contributed by atoms with Crippen LogP contribution in [-0.2, 0) is 19.1 Å². The van der Waals surface area contributed by atoms with Crippen molar-refractivity contribution in [2.75, 3.05) is 0 Å². The summed E-state index contributed by atoms with van der Waals surface area (Å²) in [7, 11) is 0. The Labute approximate surface area is 149 Å². The van der Waals surface area contributed by atoms with Crippen LogP contribution in [0.4, 0.5) is 0 Å². The highest BCUT2D eigenvalue weighted by Crippen LogP contribution is 2.63. The summed E-state index contributed by atoms with van der Waals surface area (Å²) in [6.07, 6.45) is 7.64. The van der Waals surface area contributed by atoms with E-state index in [0.29, 0.717) is 12.2 Å². The fourth-order valence-corrected chi connectivity index (χ4v) is 6.59. The number of carbonyl (C=O) groups is 3. The van der Waals surface area contributed by atoms with Crippen LogP contribution in [0.15, 0.2) is 11.6 Å². The Hall–Kier alpha value is -1.45. The lowest BCUT2D eigenvalue weighted by Crippen LogP contribution is -2.57. The predicted molar refractivity (Wildman–Crippen MR) is 92.7 cm³/mol. The number of hydrogen-bond donors (Lipinski definition) is 0. The van der Waals surface area contributed by atoms with E-state index in [1.54, 1.807) is 0 Å². The molecule has 0 aromatic carbocycles. The van der Waals surface area contributed by atoms with Gasteiger partial charge in [-0.25, -0.2) is 0 Å². The van der Waals surface area contributed by atoms with Crippen molar-refractivity contribution in [1.29, 1.82) is 0 Å². The molecule has 25 heavy (non-hydrogen) atoms. The summed E-state index contributed by atoms with van der Waals surface area (Å²) in [5.74, 6) is 0.567. The zero-order chi connectivity index (χ0) is 18.0. The molecule has 0 spiro atoms. The van der Waals surface area contributed by atoms with Crippen LogP contribution in [0.3, 0.4) is 0 Å². The molecule has 0 radical (unpaired) electrons. The van der Waals surface area contributed by atoms with Gasteiger partial charge >= 0.3 is 5.97 Å². The number of ether oxygens (including phenoxy) is 1. The van der Waals surface area contributed by atoms with Gasteiger partial charge in [0.15, 0.2) is 5.78 Å². The van der Waals surface area contributed by atoms with Crippen molar-refractivity contribution in [3.05, 3.63) is 11.6 Å². The van der Waals surface area contributed by atoms with E-state index in [1.165, 1.54) is 12.5 Å². The molecule has 4 aliphatic rings. The Bertz CT molecular complexity index is 677. The average Bonchev–Trinajstić information content (AvgIpc) is 2.85. The first kappa shape index (κ1) is 17.0. The second-order valence-electron chi connectivity index (χ2n) is 9.00. The third kappa shape index (κ3) is 2.22. The van der Waals surface area contributed by atoms with Crippen molar-refractivity contribution < 1.29 is 19.1 Å². The molecule has 0 aromatic heterocycles. The third-order valence-corrected chi connectivity index (χ3v) is 7.98. The Morgan fingerprint density at radius 1 is 1.12 bits per heavy atom. The van der Waals surface area contributed by atoms with Crippen molar-refractivity contribution in [3.8, 4) is 0 Å². The monoisotopic (exact) mass is 344 g/mol. The van der Waals surface area contributed by atoms with E-state index in [9.17, 15) is 14.4 Å². The lowest BCUT2D eigenvalue weighted by molar-refractivity contribution is -0.163. The normalized spacial score (nSPS) is 46.0. The first-order valence-corrected chi connectivity index (χ1v) is 9.74. The van der Waals surface area contributed by atoms with Gasteiger partial charge in [-0.2, -0.15) is 0 Å². The molecule has 0 saturated heterocycles. The zero-order valence-electron chi connectivity index (χ0n) is 15.5. The standard InChI is InChI=1S/C21H28O4/c1-12(22)25-18-6-4-5-13-11-16(23)19-14-7-8-17(24)20(14,2)10-9-15(19)21(13,18)3/h11,14-15,18-19H,4-10H2,1-3H3/t14-,15-,18?,19-,20-,21-/m0/s1. The maximum absolute atomic E-state index is 13.1. The van der Waals surface area contributed by atoms with Crippen molar-refractivity contribution in [2.24, 2.45) is 28.6 Å². The average molecular weight is 344 g/mol. The van der Waals surface area contributed by atoms with E-state index in [4.69, 9.17) is 4.74 Å². The maximum Gasteiger partial charge on any atom is 0.302 e. The first-order valence-electron chi connectivity index (χ1n) is 9.74. The molecule has 0 amide bonds. The fourth-order valence-electron chi connectivity index (χ4n) is 6.59. The highest BCUT2D eigenvalue weighted by molar-refractivity contribution is 5.96. The lowest BCUT2D eigenvalue weighted by atomic mass is 9.47. The summed E-state index contributed by atoms with van der Waals surface area (Å²) in [5, 5.41) is 0. The minimum Gasteiger partial charge on any atom is -0.462 e. The first-order chi connectivity index (χ1) is 11.8. The quantitative estimate of drug-likeness (QED) is 0.682. The van der Waals surface area contributed by atoms with Crippen LogP contribution >= 0.6 is 0 Å². The summed E-state index contributed by atoms with van der Waals surface area (Å²) >= 11 is 0. The van der Waals surface area contributed by atoms with Crippen LogP contribution in [-0.4, -0.2) is 23.6 Å².